The van der Waals surface area contributed by atoms with Crippen LogP contribution < -0.4 is 11.2 Å². The monoisotopic (exact) mass is 922 g/mol. The maximum absolute atomic E-state index is 12.8. The standard InChI is InChI=1S/C47H94N3O10P.C2H6/c1-6-8-10-12-14-16-18-20-22-24-26-28-30-32-34-36-44(51)56-40-43(41-59-61(54,55)58-39-38-49-46(53)50(48)57-42-47(3,4)5)60-45(52)37-35-33-31-29-27-25-23-21-19-17-15-13-11-9-7-2;1-2/h43H,6-42,48H2,1-5H3,(H,49,53)(H,54,55);1-2H3/t43-;/m1./s1. The van der Waals surface area contributed by atoms with Gasteiger partial charge in [0.25, 0.3) is 0 Å². The molecule has 0 aliphatic rings. The number of urea groups is 1. The van der Waals surface area contributed by atoms with Crippen LogP contribution in [0.15, 0.2) is 0 Å². The van der Waals surface area contributed by atoms with Crippen molar-refractivity contribution in [2.75, 3.05) is 33.0 Å². The third-order valence-corrected chi connectivity index (χ3v) is 11.6. The van der Waals surface area contributed by atoms with Crippen LogP contribution in [0, 0.1) is 5.41 Å². The minimum absolute atomic E-state index is 0.159. The number of carbonyl (C=O) groups is 3. The maximum atomic E-state index is 12.8. The van der Waals surface area contributed by atoms with Gasteiger partial charge in [-0.3, -0.25) is 23.5 Å². The molecule has 0 aromatic carbocycles. The zero-order valence-corrected chi connectivity index (χ0v) is 42.7. The number of hydrogen-bond acceptors (Lipinski definition) is 10. The topological polar surface area (TPSA) is 176 Å². The lowest BCUT2D eigenvalue weighted by molar-refractivity contribution is -0.161. The molecule has 2 amide bonds. The van der Waals surface area contributed by atoms with E-state index in [0.29, 0.717) is 18.0 Å². The van der Waals surface area contributed by atoms with Crippen LogP contribution in [0.1, 0.15) is 254 Å². The molecule has 2 atom stereocenters. The first-order valence-electron chi connectivity index (χ1n) is 25.7. The third-order valence-electron chi connectivity index (χ3n) is 10.6. The van der Waals surface area contributed by atoms with Gasteiger partial charge >= 0.3 is 25.8 Å². The number of unbranched alkanes of at least 4 members (excludes halogenated alkanes) is 28. The van der Waals surface area contributed by atoms with Gasteiger partial charge in [-0.15, -0.1) is 5.17 Å². The summed E-state index contributed by atoms with van der Waals surface area (Å²) >= 11 is 0. The summed E-state index contributed by atoms with van der Waals surface area (Å²) < 4.78 is 33.7. The highest BCUT2D eigenvalue weighted by Gasteiger charge is 2.26. The van der Waals surface area contributed by atoms with Crippen LogP contribution in [-0.4, -0.2) is 67.1 Å². The average molecular weight is 922 g/mol. The molecule has 0 aliphatic carbocycles. The van der Waals surface area contributed by atoms with Crippen LogP contribution in [0.2, 0.25) is 0 Å². The van der Waals surface area contributed by atoms with Gasteiger partial charge in [-0.2, -0.15) is 0 Å². The van der Waals surface area contributed by atoms with Crippen molar-refractivity contribution < 1.29 is 47.2 Å². The van der Waals surface area contributed by atoms with E-state index < -0.39 is 38.5 Å². The molecule has 1 unspecified atom stereocenters. The molecule has 0 aliphatic heterocycles. The number of ether oxygens (including phenoxy) is 2. The van der Waals surface area contributed by atoms with Crippen LogP contribution in [0.4, 0.5) is 4.79 Å². The molecule has 0 rings (SSSR count). The van der Waals surface area contributed by atoms with Crippen molar-refractivity contribution in [1.29, 1.82) is 0 Å². The Bertz CT molecular complexity index is 1090. The van der Waals surface area contributed by atoms with Crippen LogP contribution in [0.25, 0.3) is 0 Å². The molecular weight excluding hydrogens is 822 g/mol. The van der Waals surface area contributed by atoms with E-state index in [-0.39, 0.29) is 44.6 Å². The number of rotatable bonds is 44. The molecule has 376 valence electrons. The van der Waals surface area contributed by atoms with Crippen molar-refractivity contribution in [2.45, 2.75) is 260 Å². The Labute approximate surface area is 386 Å². The zero-order chi connectivity index (χ0) is 47.3. The van der Waals surface area contributed by atoms with E-state index in [9.17, 15) is 23.8 Å². The van der Waals surface area contributed by atoms with Gasteiger partial charge in [-0.05, 0) is 18.3 Å². The van der Waals surface area contributed by atoms with Crippen LogP contribution in [-0.2, 0) is 37.5 Å². The highest BCUT2D eigenvalue weighted by atomic mass is 31.2. The fourth-order valence-corrected chi connectivity index (χ4v) is 7.58. The number of phosphoric ester groups is 1. The lowest BCUT2D eigenvalue weighted by Crippen LogP contribution is -2.46. The van der Waals surface area contributed by atoms with Crippen molar-refractivity contribution in [3.05, 3.63) is 0 Å². The summed E-state index contributed by atoms with van der Waals surface area (Å²) in [5.74, 6) is 4.68. The second kappa shape index (κ2) is 45.4. The first kappa shape index (κ1) is 63.3. The van der Waals surface area contributed by atoms with Crippen molar-refractivity contribution in [3.8, 4) is 0 Å². The fourth-order valence-electron chi connectivity index (χ4n) is 6.83. The summed E-state index contributed by atoms with van der Waals surface area (Å²) in [6.07, 6.45) is 36.1. The first-order valence-corrected chi connectivity index (χ1v) is 27.2. The van der Waals surface area contributed by atoms with Crippen LogP contribution in [0.3, 0.4) is 0 Å². The van der Waals surface area contributed by atoms with Crippen molar-refractivity contribution in [3.63, 3.8) is 0 Å². The SMILES string of the molecule is CC.CCCCCCCCCCCCCCCCCC(=O)OC[C@H](COP(=O)(O)OCCNC(=O)N(N)OCC(C)(C)C)OC(=O)CCCCCCCCCCCCCCCCC. The largest absolute Gasteiger partial charge is 0.472 e. The summed E-state index contributed by atoms with van der Waals surface area (Å²) in [6, 6.07) is -0.756. The smallest absolute Gasteiger partial charge is 0.462 e. The minimum atomic E-state index is -4.61. The molecule has 0 aromatic heterocycles. The Morgan fingerprint density at radius 3 is 1.33 bits per heavy atom. The number of carbonyl (C=O) groups excluding carboxylic acids is 3. The maximum Gasteiger partial charge on any atom is 0.472 e. The Morgan fingerprint density at radius 1 is 0.587 bits per heavy atom. The van der Waals surface area contributed by atoms with Gasteiger partial charge in [0.2, 0.25) is 0 Å². The van der Waals surface area contributed by atoms with E-state index in [1.54, 1.807) is 0 Å². The normalized spacial score (nSPS) is 12.8. The van der Waals surface area contributed by atoms with Crippen molar-refractivity contribution >= 4 is 25.8 Å². The predicted molar refractivity (Wildman–Crippen MR) is 258 cm³/mol. The summed E-state index contributed by atoms with van der Waals surface area (Å²) in [5, 5.41) is 2.97. The molecule has 0 saturated heterocycles. The summed E-state index contributed by atoms with van der Waals surface area (Å²) in [7, 11) is -4.61. The summed E-state index contributed by atoms with van der Waals surface area (Å²) in [5.41, 5.74) is -0.219. The number of hydroxylamine groups is 1. The molecule has 0 aromatic rings. The fraction of sp³-hybridized carbons (Fsp3) is 0.939. The van der Waals surface area contributed by atoms with E-state index in [0.717, 1.165) is 38.5 Å². The summed E-state index contributed by atoms with van der Waals surface area (Å²) in [4.78, 5) is 52.9. The van der Waals surface area contributed by atoms with Crippen LogP contribution in [0.5, 0.6) is 0 Å². The predicted octanol–water partition coefficient (Wildman–Crippen LogP) is 14.0. The summed E-state index contributed by atoms with van der Waals surface area (Å²) in [6.45, 7) is 13.1. The van der Waals surface area contributed by atoms with E-state index in [4.69, 9.17) is 29.2 Å². The van der Waals surface area contributed by atoms with Crippen molar-refractivity contribution in [1.82, 2.24) is 10.5 Å². The molecule has 0 fully saturated rings. The van der Waals surface area contributed by atoms with Gasteiger partial charge < -0.3 is 19.7 Å². The highest BCUT2D eigenvalue weighted by molar-refractivity contribution is 7.47. The first-order chi connectivity index (χ1) is 30.3. The lowest BCUT2D eigenvalue weighted by Gasteiger charge is -2.23. The quantitative estimate of drug-likeness (QED) is 0.0132. The van der Waals surface area contributed by atoms with Gasteiger partial charge in [0.15, 0.2) is 6.10 Å². The minimum Gasteiger partial charge on any atom is -0.462 e. The Morgan fingerprint density at radius 2 is 0.952 bits per heavy atom. The van der Waals surface area contributed by atoms with Crippen LogP contribution >= 0.6 is 7.82 Å². The molecule has 0 heterocycles. The molecule has 4 N–H and O–H groups in total. The molecule has 14 heteroatoms. The number of nitrogens with one attached hydrogen (secondary N) is 1. The van der Waals surface area contributed by atoms with Crippen molar-refractivity contribution in [2.24, 2.45) is 11.3 Å². The number of hydrazine groups is 1. The van der Waals surface area contributed by atoms with Gasteiger partial charge in [-0.1, -0.05) is 228 Å². The number of amides is 2. The molecular formula is C49H100N3O10P. The molecule has 0 radical (unpaired) electrons. The van der Waals surface area contributed by atoms with E-state index >= 15 is 0 Å². The number of esters is 2. The molecule has 0 saturated carbocycles. The lowest BCUT2D eigenvalue weighted by atomic mass is 9.99. The number of nitrogens with two attached hydrogens (primary N) is 1. The average Bonchev–Trinajstić information content (AvgIpc) is 3.25. The van der Waals surface area contributed by atoms with Gasteiger partial charge in [0, 0.05) is 19.4 Å². The molecule has 63 heavy (non-hydrogen) atoms. The van der Waals surface area contributed by atoms with Gasteiger partial charge in [0.1, 0.15) is 6.61 Å². The van der Waals surface area contributed by atoms with E-state index in [1.165, 1.54) is 141 Å². The third kappa shape index (κ3) is 48.0. The van der Waals surface area contributed by atoms with E-state index in [1.807, 2.05) is 34.6 Å². The Kier molecular flexibility index (Phi) is 45.6. The van der Waals surface area contributed by atoms with Gasteiger partial charge in [0.05, 0.1) is 19.8 Å². The number of nitrogens with zero attached hydrogens (tertiary/aromatic N) is 1. The van der Waals surface area contributed by atoms with E-state index in [2.05, 4.69) is 19.2 Å². The molecule has 13 nitrogen and oxygen atoms in total. The Hall–Kier alpha value is -1.76. The number of hydrogen-bond donors (Lipinski definition) is 3. The Balaban J connectivity index is 0. The van der Waals surface area contributed by atoms with Gasteiger partial charge in [-0.25, -0.2) is 15.2 Å². The highest BCUT2D eigenvalue weighted by Crippen LogP contribution is 2.43. The zero-order valence-electron chi connectivity index (χ0n) is 41.8. The second-order valence-electron chi connectivity index (χ2n) is 18.2. The molecule has 0 spiro atoms. The second-order valence-corrected chi connectivity index (χ2v) is 19.6. The molecule has 0 bridgehead atoms. The number of phosphoric acid groups is 1.